The molecule has 0 saturated carbocycles. The van der Waals surface area contributed by atoms with E-state index in [9.17, 15) is 0 Å². The average Bonchev–Trinajstić information content (AvgIpc) is 2.54. The van der Waals surface area contributed by atoms with Crippen molar-refractivity contribution in [3.8, 4) is 5.75 Å². The van der Waals surface area contributed by atoms with Gasteiger partial charge in [-0.1, -0.05) is 11.6 Å². The Morgan fingerprint density at radius 2 is 1.87 bits per heavy atom. The zero-order valence-corrected chi connectivity index (χ0v) is 14.2. The van der Waals surface area contributed by atoms with Gasteiger partial charge < -0.3 is 15.4 Å². The van der Waals surface area contributed by atoms with Gasteiger partial charge in [0.05, 0.1) is 12.8 Å². The van der Waals surface area contributed by atoms with Crippen LogP contribution in [0.2, 0.25) is 5.02 Å². The molecule has 0 aliphatic heterocycles. The van der Waals surface area contributed by atoms with Gasteiger partial charge in [-0.2, -0.15) is 0 Å². The molecule has 0 atom stereocenters. The highest BCUT2D eigenvalue weighted by Crippen LogP contribution is 2.25. The number of nitrogens with two attached hydrogens (primary N) is 1. The minimum Gasteiger partial charge on any atom is -0.496 e. The van der Waals surface area contributed by atoms with Crippen LogP contribution in [0.1, 0.15) is 5.56 Å². The molecular weight excluding hydrogens is 310 g/mol. The van der Waals surface area contributed by atoms with Gasteiger partial charge in [0.1, 0.15) is 11.6 Å². The molecule has 2 rings (SSSR count). The Balaban J connectivity index is 2.20. The molecule has 2 aromatic carbocycles. The molecule has 4 nitrogen and oxygen atoms in total. The number of hydrogen-bond acceptors (Lipinski definition) is 3. The number of nitrogens with zero attached hydrogens (tertiary/aromatic N) is 2. The summed E-state index contributed by atoms with van der Waals surface area (Å²) in [6.07, 6.45) is 3.63. The predicted molar refractivity (Wildman–Crippen MR) is 99.1 cm³/mol. The van der Waals surface area contributed by atoms with Crippen molar-refractivity contribution in [2.24, 2.45) is 10.7 Å². The summed E-state index contributed by atoms with van der Waals surface area (Å²) in [7, 11) is 5.62. The summed E-state index contributed by atoms with van der Waals surface area (Å²) in [4.78, 5) is 6.34. The minimum absolute atomic E-state index is 0.408. The first-order valence-electron chi connectivity index (χ1n) is 7.13. The lowest BCUT2D eigenvalue weighted by molar-refractivity contribution is 0.414. The maximum absolute atomic E-state index is 5.94. The fourth-order valence-electron chi connectivity index (χ4n) is 1.99. The third-order valence-electron chi connectivity index (χ3n) is 3.25. The van der Waals surface area contributed by atoms with E-state index in [2.05, 4.69) is 4.99 Å². The topological polar surface area (TPSA) is 50.9 Å². The average molecular weight is 330 g/mol. The van der Waals surface area contributed by atoms with Crippen LogP contribution in [0.15, 0.2) is 53.5 Å². The second-order valence-electron chi connectivity index (χ2n) is 5.17. The number of ether oxygens (including phenoxy) is 1. The van der Waals surface area contributed by atoms with Crippen molar-refractivity contribution >= 4 is 34.9 Å². The van der Waals surface area contributed by atoms with E-state index in [1.165, 1.54) is 0 Å². The number of hydrogen-bond donors (Lipinski definition) is 1. The molecule has 120 valence electrons. The maximum Gasteiger partial charge on any atom is 0.128 e. The van der Waals surface area contributed by atoms with Gasteiger partial charge in [-0.05, 0) is 48.6 Å². The summed E-state index contributed by atoms with van der Waals surface area (Å²) < 4.78 is 5.43. The molecule has 2 aromatic rings. The molecule has 0 radical (unpaired) electrons. The Labute approximate surface area is 141 Å². The Kier molecular flexibility index (Phi) is 5.66. The molecule has 0 aromatic heterocycles. The normalized spacial score (nSPS) is 11.7. The molecule has 0 fully saturated rings. The molecule has 0 aliphatic rings. The van der Waals surface area contributed by atoms with Gasteiger partial charge in [0.2, 0.25) is 0 Å². The van der Waals surface area contributed by atoms with Gasteiger partial charge in [0.25, 0.3) is 0 Å². The van der Waals surface area contributed by atoms with Crippen LogP contribution in [0.3, 0.4) is 0 Å². The molecule has 0 amide bonds. The Morgan fingerprint density at radius 3 is 2.48 bits per heavy atom. The first kappa shape index (κ1) is 16.9. The number of anilines is 1. The van der Waals surface area contributed by atoms with Gasteiger partial charge in [-0.3, -0.25) is 0 Å². The van der Waals surface area contributed by atoms with Gasteiger partial charge in [-0.25, -0.2) is 4.99 Å². The lowest BCUT2D eigenvalue weighted by Gasteiger charge is -2.14. The zero-order chi connectivity index (χ0) is 16.8. The van der Waals surface area contributed by atoms with Crippen molar-refractivity contribution in [1.29, 1.82) is 0 Å². The van der Waals surface area contributed by atoms with Gasteiger partial charge in [-0.15, -0.1) is 0 Å². The molecule has 5 heteroatoms. The maximum atomic E-state index is 5.94. The van der Waals surface area contributed by atoms with Crippen LogP contribution in [0, 0.1) is 0 Å². The summed E-state index contributed by atoms with van der Waals surface area (Å²) in [6, 6.07) is 13.2. The third-order valence-corrected chi connectivity index (χ3v) is 3.50. The van der Waals surface area contributed by atoms with E-state index in [1.54, 1.807) is 25.3 Å². The van der Waals surface area contributed by atoms with Gasteiger partial charge in [0, 0.05) is 36.4 Å². The van der Waals surface area contributed by atoms with E-state index in [0.717, 1.165) is 22.7 Å². The molecule has 0 bridgehead atoms. The summed E-state index contributed by atoms with van der Waals surface area (Å²) in [5.41, 5.74) is 8.71. The molecule has 23 heavy (non-hydrogen) atoms. The summed E-state index contributed by atoms with van der Waals surface area (Å²) in [5.74, 6) is 1.19. The van der Waals surface area contributed by atoms with Gasteiger partial charge in [0.15, 0.2) is 0 Å². The lowest BCUT2D eigenvalue weighted by Crippen LogP contribution is -2.09. The minimum atomic E-state index is 0.408. The highest BCUT2D eigenvalue weighted by Gasteiger charge is 2.03. The number of methoxy groups -OCH3 is 1. The van der Waals surface area contributed by atoms with E-state index in [4.69, 9.17) is 22.1 Å². The quantitative estimate of drug-likeness (QED) is 0.663. The first-order valence-corrected chi connectivity index (χ1v) is 7.50. The largest absolute Gasteiger partial charge is 0.496 e. The molecule has 2 N–H and O–H groups in total. The molecule has 0 aliphatic carbocycles. The molecule has 0 spiro atoms. The van der Waals surface area contributed by atoms with E-state index >= 15 is 0 Å². The summed E-state index contributed by atoms with van der Waals surface area (Å²) in [5, 5.41) is 0.670. The molecule has 0 unspecified atom stereocenters. The monoisotopic (exact) mass is 329 g/mol. The van der Waals surface area contributed by atoms with Crippen molar-refractivity contribution in [1.82, 2.24) is 0 Å². The number of rotatable bonds is 5. The smallest absolute Gasteiger partial charge is 0.128 e. The van der Waals surface area contributed by atoms with E-state index in [-0.39, 0.29) is 0 Å². The number of aliphatic imine (C=N–C) groups is 1. The zero-order valence-electron chi connectivity index (χ0n) is 13.5. The highest BCUT2D eigenvalue weighted by atomic mass is 35.5. The van der Waals surface area contributed by atoms with Crippen molar-refractivity contribution < 1.29 is 4.74 Å². The summed E-state index contributed by atoms with van der Waals surface area (Å²) in [6.45, 7) is 0. The third kappa shape index (κ3) is 4.76. The van der Waals surface area contributed by atoms with Crippen molar-refractivity contribution in [3.63, 3.8) is 0 Å². The van der Waals surface area contributed by atoms with Crippen molar-refractivity contribution in [2.75, 3.05) is 26.1 Å². The number of benzene rings is 2. The van der Waals surface area contributed by atoms with E-state index in [0.29, 0.717) is 10.9 Å². The second kappa shape index (κ2) is 7.70. The van der Waals surface area contributed by atoms with Crippen LogP contribution in [-0.4, -0.2) is 27.0 Å². The SMILES string of the molecule is COc1cc(N(C)C)ccc1C=CC(N)=Nc1ccc(Cl)cc1. The second-order valence-corrected chi connectivity index (χ2v) is 5.60. The van der Waals surface area contributed by atoms with Crippen LogP contribution < -0.4 is 15.4 Å². The number of amidine groups is 1. The fraction of sp³-hybridized carbons (Fsp3) is 0.167. The Bertz CT molecular complexity index is 722. The Hall–Kier alpha value is -2.46. The van der Waals surface area contributed by atoms with Crippen LogP contribution >= 0.6 is 11.6 Å². The fourth-order valence-corrected chi connectivity index (χ4v) is 2.12. The molecule has 0 saturated heterocycles. The van der Waals surface area contributed by atoms with Crippen LogP contribution in [0.5, 0.6) is 5.75 Å². The Morgan fingerprint density at radius 1 is 1.17 bits per heavy atom. The molecular formula is C18H20ClN3O. The van der Waals surface area contributed by atoms with Crippen LogP contribution in [0.25, 0.3) is 6.08 Å². The van der Waals surface area contributed by atoms with E-state index in [1.807, 2.05) is 55.4 Å². The summed E-state index contributed by atoms with van der Waals surface area (Å²) >= 11 is 5.85. The first-order chi connectivity index (χ1) is 11.0. The highest BCUT2D eigenvalue weighted by molar-refractivity contribution is 6.30. The van der Waals surface area contributed by atoms with Crippen LogP contribution in [0.4, 0.5) is 11.4 Å². The number of halogens is 1. The van der Waals surface area contributed by atoms with Crippen LogP contribution in [-0.2, 0) is 0 Å². The van der Waals surface area contributed by atoms with Gasteiger partial charge >= 0.3 is 0 Å². The predicted octanol–water partition coefficient (Wildman–Crippen LogP) is 4.12. The van der Waals surface area contributed by atoms with E-state index < -0.39 is 0 Å². The standard InChI is InChI=1S/C18H20ClN3O/c1-22(2)16-10-4-13(17(12-16)23-3)5-11-18(20)21-15-8-6-14(19)7-9-15/h4-12H,1-3H3,(H2,20,21). The molecule has 0 heterocycles. The van der Waals surface area contributed by atoms with Crippen molar-refractivity contribution in [3.05, 3.63) is 59.1 Å². The van der Waals surface area contributed by atoms with Crippen molar-refractivity contribution in [2.45, 2.75) is 0 Å². The lowest BCUT2D eigenvalue weighted by atomic mass is 10.1.